The van der Waals surface area contributed by atoms with Crippen LogP contribution in [0, 0.1) is 0 Å². The Morgan fingerprint density at radius 2 is 2.05 bits per heavy atom. The smallest absolute Gasteiger partial charge is 0.220 e. The first-order valence-corrected chi connectivity index (χ1v) is 7.17. The molecule has 0 radical (unpaired) electrons. The predicted octanol–water partition coefficient (Wildman–Crippen LogP) is 3.37. The molecule has 0 aliphatic carbocycles. The molecule has 20 heavy (non-hydrogen) atoms. The van der Waals surface area contributed by atoms with Crippen molar-refractivity contribution in [2.45, 2.75) is 20.0 Å². The molecule has 1 aromatic carbocycles. The zero-order chi connectivity index (χ0) is 14.3. The molecule has 0 unspecified atom stereocenters. The van der Waals surface area contributed by atoms with Crippen LogP contribution in [0.1, 0.15) is 18.2 Å². The van der Waals surface area contributed by atoms with Crippen molar-refractivity contribution in [3.63, 3.8) is 0 Å². The summed E-state index contributed by atoms with van der Waals surface area (Å²) in [6.45, 7) is 4.71. The average molecular weight is 309 g/mol. The van der Waals surface area contributed by atoms with Crippen molar-refractivity contribution in [3.8, 4) is 11.3 Å². The maximum atomic E-state index is 6.29. The number of nitrogens with two attached hydrogens (primary N) is 1. The van der Waals surface area contributed by atoms with Gasteiger partial charge in [0.25, 0.3) is 0 Å². The highest BCUT2D eigenvalue weighted by atomic mass is 35.5. The molecule has 0 saturated heterocycles. The van der Waals surface area contributed by atoms with Crippen LogP contribution < -0.4 is 5.73 Å². The van der Waals surface area contributed by atoms with Gasteiger partial charge in [0.05, 0.1) is 16.4 Å². The Bertz CT molecular complexity index is 672. The lowest BCUT2D eigenvalue weighted by Gasteiger charge is -2.11. The van der Waals surface area contributed by atoms with E-state index in [9.17, 15) is 0 Å². The normalized spacial score (nSPS) is 14.6. The van der Waals surface area contributed by atoms with Crippen LogP contribution in [0.3, 0.4) is 0 Å². The van der Waals surface area contributed by atoms with Gasteiger partial charge < -0.3 is 5.73 Å². The van der Waals surface area contributed by atoms with Crippen LogP contribution >= 0.6 is 23.2 Å². The molecular weight excluding hydrogens is 295 g/mol. The van der Waals surface area contributed by atoms with E-state index in [-0.39, 0.29) is 5.95 Å². The Kier molecular flexibility index (Phi) is 3.54. The Balaban J connectivity index is 2.15. The number of hydrogen-bond donors (Lipinski definition) is 1. The van der Waals surface area contributed by atoms with E-state index in [0.717, 1.165) is 42.1 Å². The summed E-state index contributed by atoms with van der Waals surface area (Å²) >= 11 is 12.2. The Morgan fingerprint density at radius 1 is 1.25 bits per heavy atom. The largest absolute Gasteiger partial charge is 0.368 e. The van der Waals surface area contributed by atoms with E-state index in [4.69, 9.17) is 28.9 Å². The van der Waals surface area contributed by atoms with Gasteiger partial charge in [-0.2, -0.15) is 0 Å². The summed E-state index contributed by atoms with van der Waals surface area (Å²) in [5.74, 6) is 0.280. The molecule has 1 aromatic heterocycles. The number of nitrogens with zero attached hydrogens (tertiary/aromatic N) is 3. The molecule has 0 bridgehead atoms. The van der Waals surface area contributed by atoms with Crippen molar-refractivity contribution in [1.29, 1.82) is 0 Å². The van der Waals surface area contributed by atoms with Crippen LogP contribution in [-0.2, 0) is 13.1 Å². The summed E-state index contributed by atoms with van der Waals surface area (Å²) in [7, 11) is 0. The van der Waals surface area contributed by atoms with E-state index in [1.54, 1.807) is 12.1 Å². The summed E-state index contributed by atoms with van der Waals surface area (Å²) < 4.78 is 0. The van der Waals surface area contributed by atoms with E-state index in [1.807, 2.05) is 6.07 Å². The Hall–Kier alpha value is -1.36. The van der Waals surface area contributed by atoms with Gasteiger partial charge in [-0.3, -0.25) is 4.90 Å². The quantitative estimate of drug-likeness (QED) is 0.924. The third-order valence-corrected chi connectivity index (χ3v) is 4.05. The molecule has 2 N–H and O–H groups in total. The number of halogens is 2. The lowest BCUT2D eigenvalue weighted by Crippen LogP contribution is -2.14. The molecule has 0 spiro atoms. The zero-order valence-electron chi connectivity index (χ0n) is 11.0. The van der Waals surface area contributed by atoms with E-state index in [0.29, 0.717) is 10.0 Å². The van der Waals surface area contributed by atoms with Crippen molar-refractivity contribution in [1.82, 2.24) is 14.9 Å². The summed E-state index contributed by atoms with van der Waals surface area (Å²) in [5.41, 5.74) is 9.57. The van der Waals surface area contributed by atoms with Gasteiger partial charge in [0, 0.05) is 29.2 Å². The number of anilines is 1. The topological polar surface area (TPSA) is 55.0 Å². The van der Waals surface area contributed by atoms with Crippen LogP contribution in [0.15, 0.2) is 18.2 Å². The number of fused-ring (bicyclic) bond motifs is 1. The van der Waals surface area contributed by atoms with Crippen LogP contribution in [0.25, 0.3) is 11.3 Å². The van der Waals surface area contributed by atoms with Gasteiger partial charge in [0.2, 0.25) is 5.95 Å². The van der Waals surface area contributed by atoms with Crippen LogP contribution in [0.4, 0.5) is 5.95 Å². The average Bonchev–Trinajstić information content (AvgIpc) is 2.81. The molecule has 2 heterocycles. The van der Waals surface area contributed by atoms with Crippen LogP contribution in [0.5, 0.6) is 0 Å². The predicted molar refractivity (Wildman–Crippen MR) is 81.7 cm³/mol. The third-order valence-electron chi connectivity index (χ3n) is 3.50. The van der Waals surface area contributed by atoms with Crippen molar-refractivity contribution >= 4 is 29.2 Å². The molecule has 1 aliphatic rings. The van der Waals surface area contributed by atoms with Crippen molar-refractivity contribution in [3.05, 3.63) is 39.5 Å². The number of aromatic nitrogens is 2. The van der Waals surface area contributed by atoms with E-state index < -0.39 is 0 Å². The standard InChI is InChI=1S/C14H14Cl2N4/c1-2-20-6-10-12(7-20)18-14(17)19-13(10)9-4-3-8(15)5-11(9)16/h3-5H,2,6-7H2,1H3,(H2,17,18,19). The molecule has 3 rings (SSSR count). The lowest BCUT2D eigenvalue weighted by molar-refractivity contribution is 0.299. The molecule has 0 amide bonds. The van der Waals surface area contributed by atoms with Crippen molar-refractivity contribution in [2.24, 2.45) is 0 Å². The van der Waals surface area contributed by atoms with Crippen LogP contribution in [0.2, 0.25) is 10.0 Å². The Morgan fingerprint density at radius 3 is 2.75 bits per heavy atom. The summed E-state index contributed by atoms with van der Waals surface area (Å²) in [4.78, 5) is 11.0. The SMILES string of the molecule is CCN1Cc2nc(N)nc(-c3ccc(Cl)cc3Cl)c2C1. The number of nitrogen functional groups attached to an aromatic ring is 1. The minimum absolute atomic E-state index is 0.280. The summed E-state index contributed by atoms with van der Waals surface area (Å²) in [6, 6.07) is 5.40. The molecule has 104 valence electrons. The maximum Gasteiger partial charge on any atom is 0.220 e. The molecular formula is C14H14Cl2N4. The number of rotatable bonds is 2. The fourth-order valence-corrected chi connectivity index (χ4v) is 2.96. The van der Waals surface area contributed by atoms with Crippen LogP contribution in [-0.4, -0.2) is 21.4 Å². The minimum atomic E-state index is 0.280. The molecule has 4 nitrogen and oxygen atoms in total. The van der Waals surface area contributed by atoms with Crippen molar-refractivity contribution < 1.29 is 0 Å². The number of hydrogen-bond acceptors (Lipinski definition) is 4. The molecule has 0 fully saturated rings. The lowest BCUT2D eigenvalue weighted by atomic mass is 10.1. The highest BCUT2D eigenvalue weighted by Crippen LogP contribution is 2.35. The molecule has 2 aromatic rings. The summed E-state index contributed by atoms with van der Waals surface area (Å²) in [6.07, 6.45) is 0. The van der Waals surface area contributed by atoms with Gasteiger partial charge in [-0.05, 0) is 24.7 Å². The molecule has 0 saturated carbocycles. The first-order chi connectivity index (χ1) is 9.58. The van der Waals surface area contributed by atoms with Gasteiger partial charge in [0.15, 0.2) is 0 Å². The highest BCUT2D eigenvalue weighted by Gasteiger charge is 2.25. The third kappa shape index (κ3) is 2.35. The van der Waals surface area contributed by atoms with Gasteiger partial charge >= 0.3 is 0 Å². The minimum Gasteiger partial charge on any atom is -0.368 e. The van der Waals surface area contributed by atoms with E-state index >= 15 is 0 Å². The van der Waals surface area contributed by atoms with E-state index in [2.05, 4.69) is 21.8 Å². The zero-order valence-corrected chi connectivity index (χ0v) is 12.5. The highest BCUT2D eigenvalue weighted by molar-refractivity contribution is 6.36. The maximum absolute atomic E-state index is 6.29. The molecule has 0 atom stereocenters. The fourth-order valence-electron chi connectivity index (χ4n) is 2.47. The van der Waals surface area contributed by atoms with Gasteiger partial charge in [-0.15, -0.1) is 0 Å². The monoisotopic (exact) mass is 308 g/mol. The molecule has 6 heteroatoms. The Labute approximate surface area is 127 Å². The number of benzene rings is 1. The first kappa shape index (κ1) is 13.6. The van der Waals surface area contributed by atoms with Gasteiger partial charge in [0.1, 0.15) is 0 Å². The molecule has 1 aliphatic heterocycles. The van der Waals surface area contributed by atoms with Gasteiger partial charge in [-0.25, -0.2) is 9.97 Å². The van der Waals surface area contributed by atoms with Crippen molar-refractivity contribution in [2.75, 3.05) is 12.3 Å². The second kappa shape index (κ2) is 5.20. The van der Waals surface area contributed by atoms with Gasteiger partial charge in [-0.1, -0.05) is 30.1 Å². The fraction of sp³-hybridized carbons (Fsp3) is 0.286. The second-order valence-corrected chi connectivity index (χ2v) is 5.63. The second-order valence-electron chi connectivity index (χ2n) is 4.78. The first-order valence-electron chi connectivity index (χ1n) is 6.41. The van der Waals surface area contributed by atoms with E-state index in [1.165, 1.54) is 0 Å². The summed E-state index contributed by atoms with van der Waals surface area (Å²) in [5, 5.41) is 1.18.